The summed E-state index contributed by atoms with van der Waals surface area (Å²) in [7, 11) is 1.61. The summed E-state index contributed by atoms with van der Waals surface area (Å²) in [5, 5.41) is 0. The zero-order valence-corrected chi connectivity index (χ0v) is 11.6. The molecule has 0 fully saturated rings. The number of nitrogen functional groups attached to an aromatic ring is 1. The molecule has 0 aromatic carbocycles. The van der Waals surface area contributed by atoms with E-state index in [0.29, 0.717) is 17.4 Å². The van der Waals surface area contributed by atoms with E-state index >= 15 is 0 Å². The van der Waals surface area contributed by atoms with Crippen LogP contribution in [-0.2, 0) is 5.41 Å². The Labute approximate surface area is 112 Å². The summed E-state index contributed by atoms with van der Waals surface area (Å²) in [6.07, 6.45) is 3.38. The molecule has 5 nitrogen and oxygen atoms in total. The van der Waals surface area contributed by atoms with Gasteiger partial charge in [0.2, 0.25) is 0 Å². The number of pyridine rings is 1. The smallest absolute Gasteiger partial charge is 0.137 e. The zero-order chi connectivity index (χ0) is 14.0. The number of nitrogens with zero attached hydrogens (tertiary/aromatic N) is 3. The van der Waals surface area contributed by atoms with Crippen LogP contribution in [0.5, 0.6) is 5.75 Å². The van der Waals surface area contributed by atoms with Gasteiger partial charge in [0.05, 0.1) is 19.0 Å². The summed E-state index contributed by atoms with van der Waals surface area (Å²) in [6, 6.07) is 3.62. The maximum Gasteiger partial charge on any atom is 0.137 e. The van der Waals surface area contributed by atoms with Crippen LogP contribution in [0.3, 0.4) is 0 Å². The monoisotopic (exact) mass is 258 g/mol. The van der Waals surface area contributed by atoms with Gasteiger partial charge in [-0.15, -0.1) is 0 Å². The minimum Gasteiger partial charge on any atom is -0.495 e. The van der Waals surface area contributed by atoms with Crippen molar-refractivity contribution in [3.63, 3.8) is 0 Å². The summed E-state index contributed by atoms with van der Waals surface area (Å²) in [6.45, 7) is 6.15. The van der Waals surface area contributed by atoms with E-state index in [2.05, 4.69) is 35.7 Å². The van der Waals surface area contributed by atoms with Crippen molar-refractivity contribution in [2.75, 3.05) is 12.8 Å². The molecule has 0 aliphatic heterocycles. The van der Waals surface area contributed by atoms with E-state index in [4.69, 9.17) is 10.5 Å². The van der Waals surface area contributed by atoms with Crippen LogP contribution in [0.15, 0.2) is 24.5 Å². The van der Waals surface area contributed by atoms with Gasteiger partial charge in [0.1, 0.15) is 17.4 Å². The summed E-state index contributed by atoms with van der Waals surface area (Å²) in [5.74, 6) is 1.86. The Bertz CT molecular complexity index is 590. The van der Waals surface area contributed by atoms with E-state index in [9.17, 15) is 0 Å². The van der Waals surface area contributed by atoms with Crippen molar-refractivity contribution in [3.8, 4) is 17.0 Å². The predicted octanol–water partition coefficient (Wildman–Crippen LogP) is 2.43. The second-order valence-corrected chi connectivity index (χ2v) is 5.37. The van der Waals surface area contributed by atoms with Crippen LogP contribution >= 0.6 is 0 Å². The largest absolute Gasteiger partial charge is 0.495 e. The Morgan fingerprint density at radius 3 is 2.47 bits per heavy atom. The van der Waals surface area contributed by atoms with Crippen molar-refractivity contribution in [2.45, 2.75) is 26.2 Å². The lowest BCUT2D eigenvalue weighted by Crippen LogP contribution is -2.17. The first-order chi connectivity index (χ1) is 8.90. The van der Waals surface area contributed by atoms with Gasteiger partial charge in [0.15, 0.2) is 0 Å². The molecule has 0 aliphatic carbocycles. The van der Waals surface area contributed by atoms with Crippen LogP contribution in [-0.4, -0.2) is 22.1 Å². The molecule has 2 rings (SSSR count). The minimum absolute atomic E-state index is 0.156. The molecule has 2 N–H and O–H groups in total. The molecule has 19 heavy (non-hydrogen) atoms. The molecule has 2 aromatic heterocycles. The molecular weight excluding hydrogens is 240 g/mol. The van der Waals surface area contributed by atoms with Crippen molar-refractivity contribution in [2.24, 2.45) is 0 Å². The van der Waals surface area contributed by atoms with Gasteiger partial charge in [-0.3, -0.25) is 4.98 Å². The first-order valence-corrected chi connectivity index (χ1v) is 6.04. The molecule has 5 heteroatoms. The molecule has 2 aromatic rings. The molecule has 0 radical (unpaired) electrons. The lowest BCUT2D eigenvalue weighted by molar-refractivity contribution is 0.413. The first-order valence-electron chi connectivity index (χ1n) is 6.04. The second-order valence-electron chi connectivity index (χ2n) is 5.37. The maximum atomic E-state index is 5.86. The fraction of sp³-hybridized carbons (Fsp3) is 0.357. The zero-order valence-electron chi connectivity index (χ0n) is 11.6. The fourth-order valence-corrected chi connectivity index (χ4v) is 1.62. The van der Waals surface area contributed by atoms with Crippen molar-refractivity contribution < 1.29 is 4.74 Å². The Morgan fingerprint density at radius 2 is 1.84 bits per heavy atom. The van der Waals surface area contributed by atoms with E-state index in [1.807, 2.05) is 6.07 Å². The summed E-state index contributed by atoms with van der Waals surface area (Å²) in [4.78, 5) is 13.0. The van der Waals surface area contributed by atoms with Gasteiger partial charge >= 0.3 is 0 Å². The van der Waals surface area contributed by atoms with Crippen molar-refractivity contribution >= 4 is 5.82 Å². The van der Waals surface area contributed by atoms with E-state index in [-0.39, 0.29) is 5.41 Å². The number of aromatic nitrogens is 3. The van der Waals surface area contributed by atoms with E-state index < -0.39 is 0 Å². The van der Waals surface area contributed by atoms with Crippen LogP contribution < -0.4 is 10.5 Å². The van der Waals surface area contributed by atoms with Gasteiger partial charge in [-0.2, -0.15) is 0 Å². The lowest BCUT2D eigenvalue weighted by atomic mass is 9.95. The molecule has 100 valence electrons. The number of nitrogens with two attached hydrogens (primary N) is 1. The van der Waals surface area contributed by atoms with Gasteiger partial charge in [-0.1, -0.05) is 20.8 Å². The van der Waals surface area contributed by atoms with Crippen molar-refractivity contribution in [1.29, 1.82) is 0 Å². The Hall–Kier alpha value is -2.17. The van der Waals surface area contributed by atoms with Crippen LogP contribution in [0.2, 0.25) is 0 Å². The quantitative estimate of drug-likeness (QED) is 0.895. The highest BCUT2D eigenvalue weighted by molar-refractivity contribution is 5.62. The predicted molar refractivity (Wildman–Crippen MR) is 74.9 cm³/mol. The Morgan fingerprint density at radius 1 is 1.11 bits per heavy atom. The highest BCUT2D eigenvalue weighted by Gasteiger charge is 2.19. The fourth-order valence-electron chi connectivity index (χ4n) is 1.62. The van der Waals surface area contributed by atoms with Crippen LogP contribution in [0.1, 0.15) is 26.6 Å². The molecule has 0 unspecified atom stereocenters. The topological polar surface area (TPSA) is 73.9 Å². The maximum absolute atomic E-state index is 5.86. The summed E-state index contributed by atoms with van der Waals surface area (Å²) >= 11 is 0. The molecule has 0 atom stereocenters. The van der Waals surface area contributed by atoms with Crippen LogP contribution in [0.25, 0.3) is 11.3 Å². The highest BCUT2D eigenvalue weighted by Crippen LogP contribution is 2.25. The van der Waals surface area contributed by atoms with Crippen molar-refractivity contribution in [1.82, 2.24) is 15.0 Å². The molecule has 0 saturated carbocycles. The number of anilines is 1. The molecule has 0 saturated heterocycles. The van der Waals surface area contributed by atoms with Gasteiger partial charge in [-0.05, 0) is 6.07 Å². The molecule has 0 aliphatic rings. The normalized spacial score (nSPS) is 11.4. The Balaban J connectivity index is 2.53. The number of methoxy groups -OCH3 is 1. The number of ether oxygens (including phenoxy) is 1. The highest BCUT2D eigenvalue weighted by atomic mass is 16.5. The molecule has 0 spiro atoms. The average Bonchev–Trinajstić information content (AvgIpc) is 2.37. The third-order valence-electron chi connectivity index (χ3n) is 2.66. The molecule has 0 bridgehead atoms. The van der Waals surface area contributed by atoms with E-state index in [0.717, 1.165) is 11.3 Å². The third-order valence-corrected chi connectivity index (χ3v) is 2.66. The van der Waals surface area contributed by atoms with Gasteiger partial charge in [-0.25, -0.2) is 9.97 Å². The number of hydrogen-bond donors (Lipinski definition) is 1. The van der Waals surface area contributed by atoms with Gasteiger partial charge in [0.25, 0.3) is 0 Å². The first kappa shape index (κ1) is 13.3. The molecule has 0 amide bonds. The number of hydrogen-bond acceptors (Lipinski definition) is 5. The van der Waals surface area contributed by atoms with Gasteiger partial charge < -0.3 is 10.5 Å². The van der Waals surface area contributed by atoms with Crippen LogP contribution in [0.4, 0.5) is 5.82 Å². The molecule has 2 heterocycles. The SMILES string of the molecule is COc1cncc(-c2cc(N)nc(C(C)(C)C)n2)c1. The standard InChI is InChI=1S/C14H18N4O/c1-14(2,3)13-17-11(6-12(15)18-13)9-5-10(19-4)8-16-7-9/h5-8H,1-4H3,(H2,15,17,18). The van der Waals surface area contributed by atoms with Gasteiger partial charge in [0, 0.05) is 23.2 Å². The average molecular weight is 258 g/mol. The number of rotatable bonds is 2. The Kier molecular flexibility index (Phi) is 3.38. The molecular formula is C14H18N4O. The minimum atomic E-state index is -0.156. The third kappa shape index (κ3) is 2.99. The summed E-state index contributed by atoms with van der Waals surface area (Å²) < 4.78 is 5.17. The second kappa shape index (κ2) is 4.84. The lowest BCUT2D eigenvalue weighted by Gasteiger charge is -2.17. The van der Waals surface area contributed by atoms with E-state index in [1.165, 1.54) is 0 Å². The summed E-state index contributed by atoms with van der Waals surface area (Å²) in [5.41, 5.74) is 7.32. The van der Waals surface area contributed by atoms with Crippen LogP contribution in [0, 0.1) is 0 Å². The van der Waals surface area contributed by atoms with Crippen molar-refractivity contribution in [3.05, 3.63) is 30.4 Å². The van der Waals surface area contributed by atoms with E-state index in [1.54, 1.807) is 25.6 Å².